The van der Waals surface area contributed by atoms with E-state index in [1.807, 2.05) is 31.5 Å². The number of likely N-dealkylation sites (N-methyl/N-ethyl adjacent to an activating group) is 1. The van der Waals surface area contributed by atoms with Crippen molar-refractivity contribution < 1.29 is 0 Å². The highest BCUT2D eigenvalue weighted by atomic mass is 35.5. The first-order chi connectivity index (χ1) is 10.1. The Labute approximate surface area is 131 Å². The minimum absolute atomic E-state index is 0.0496. The molecular weight excluding hydrogens is 282 g/mol. The average molecular weight is 304 g/mol. The first kappa shape index (κ1) is 16.0. The molecule has 4 heteroatoms. The molecule has 2 unspecified atom stereocenters. The van der Waals surface area contributed by atoms with E-state index in [4.69, 9.17) is 17.3 Å². The summed E-state index contributed by atoms with van der Waals surface area (Å²) in [5.41, 5.74) is 8.68. The first-order valence-corrected chi connectivity index (χ1v) is 7.56. The molecule has 2 aromatic rings. The molecule has 0 bridgehead atoms. The minimum atomic E-state index is 0.0496. The minimum Gasteiger partial charge on any atom is -0.326 e. The number of hydrogen-bond acceptors (Lipinski definition) is 3. The highest BCUT2D eigenvalue weighted by Crippen LogP contribution is 2.24. The Balaban J connectivity index is 2.05. The van der Waals surface area contributed by atoms with Crippen molar-refractivity contribution in [3.63, 3.8) is 0 Å². The molecule has 0 spiro atoms. The van der Waals surface area contributed by atoms with Crippen LogP contribution >= 0.6 is 11.6 Å². The second kappa shape index (κ2) is 7.55. The van der Waals surface area contributed by atoms with Crippen molar-refractivity contribution in [2.75, 3.05) is 13.6 Å². The molecule has 0 radical (unpaired) electrons. The molecule has 0 aliphatic carbocycles. The van der Waals surface area contributed by atoms with E-state index in [0.29, 0.717) is 0 Å². The van der Waals surface area contributed by atoms with Gasteiger partial charge in [-0.15, -0.1) is 0 Å². The van der Waals surface area contributed by atoms with Crippen molar-refractivity contribution in [3.05, 3.63) is 64.9 Å². The molecule has 0 aliphatic rings. The fourth-order valence-electron chi connectivity index (χ4n) is 2.61. The summed E-state index contributed by atoms with van der Waals surface area (Å²) >= 11 is 5.97. The summed E-state index contributed by atoms with van der Waals surface area (Å²) in [7, 11) is 2.11. The SMILES string of the molecule is CC(N)C(c1ccc(Cl)cc1)N(C)CCc1ccncc1. The van der Waals surface area contributed by atoms with Crippen LogP contribution in [0.3, 0.4) is 0 Å². The van der Waals surface area contributed by atoms with Crippen LogP contribution in [0.2, 0.25) is 5.02 Å². The zero-order valence-electron chi connectivity index (χ0n) is 12.5. The van der Waals surface area contributed by atoms with Gasteiger partial charge in [-0.1, -0.05) is 23.7 Å². The molecule has 1 heterocycles. The van der Waals surface area contributed by atoms with Gasteiger partial charge in [-0.25, -0.2) is 0 Å². The Bertz CT molecular complexity index is 540. The Kier molecular flexibility index (Phi) is 5.74. The molecule has 2 N–H and O–H groups in total. The Morgan fingerprint density at radius 2 is 1.76 bits per heavy atom. The number of pyridine rings is 1. The van der Waals surface area contributed by atoms with Crippen molar-refractivity contribution >= 4 is 11.6 Å². The van der Waals surface area contributed by atoms with Crippen LogP contribution in [-0.2, 0) is 6.42 Å². The van der Waals surface area contributed by atoms with E-state index >= 15 is 0 Å². The van der Waals surface area contributed by atoms with Crippen molar-refractivity contribution in [2.45, 2.75) is 25.4 Å². The van der Waals surface area contributed by atoms with Crippen LogP contribution in [0.15, 0.2) is 48.8 Å². The van der Waals surface area contributed by atoms with Gasteiger partial charge in [-0.05, 0) is 55.8 Å². The molecule has 0 saturated heterocycles. The van der Waals surface area contributed by atoms with Gasteiger partial charge in [-0.3, -0.25) is 9.88 Å². The Morgan fingerprint density at radius 1 is 1.14 bits per heavy atom. The van der Waals surface area contributed by atoms with E-state index < -0.39 is 0 Å². The highest BCUT2D eigenvalue weighted by Gasteiger charge is 2.20. The van der Waals surface area contributed by atoms with Crippen molar-refractivity contribution in [2.24, 2.45) is 5.73 Å². The van der Waals surface area contributed by atoms with Crippen LogP contribution in [0.1, 0.15) is 24.1 Å². The predicted octanol–water partition coefficient (Wildman–Crippen LogP) is 3.30. The number of nitrogens with zero attached hydrogens (tertiary/aromatic N) is 2. The summed E-state index contributed by atoms with van der Waals surface area (Å²) in [4.78, 5) is 6.35. The Morgan fingerprint density at radius 3 is 2.33 bits per heavy atom. The molecule has 112 valence electrons. The van der Waals surface area contributed by atoms with E-state index in [9.17, 15) is 0 Å². The summed E-state index contributed by atoms with van der Waals surface area (Å²) in [6.45, 7) is 2.99. The number of nitrogens with two attached hydrogens (primary N) is 1. The van der Waals surface area contributed by atoms with Crippen LogP contribution in [0.25, 0.3) is 0 Å². The lowest BCUT2D eigenvalue weighted by Crippen LogP contribution is -2.38. The van der Waals surface area contributed by atoms with Gasteiger partial charge >= 0.3 is 0 Å². The standard InChI is InChI=1S/C17H22ClN3/c1-13(19)17(15-3-5-16(18)6-4-15)21(2)12-9-14-7-10-20-11-8-14/h3-8,10-11,13,17H,9,12,19H2,1-2H3. The largest absolute Gasteiger partial charge is 0.326 e. The van der Waals surface area contributed by atoms with Crippen molar-refractivity contribution in [3.8, 4) is 0 Å². The van der Waals surface area contributed by atoms with Crippen LogP contribution in [0.4, 0.5) is 0 Å². The predicted molar refractivity (Wildman–Crippen MR) is 88.4 cm³/mol. The van der Waals surface area contributed by atoms with E-state index in [0.717, 1.165) is 18.0 Å². The van der Waals surface area contributed by atoms with E-state index in [2.05, 4.69) is 41.2 Å². The van der Waals surface area contributed by atoms with Crippen molar-refractivity contribution in [1.82, 2.24) is 9.88 Å². The molecule has 1 aromatic carbocycles. The maximum atomic E-state index is 6.19. The second-order valence-corrected chi connectivity index (χ2v) is 5.88. The molecule has 0 amide bonds. The molecular formula is C17H22ClN3. The number of aromatic nitrogens is 1. The topological polar surface area (TPSA) is 42.1 Å². The maximum absolute atomic E-state index is 6.19. The monoisotopic (exact) mass is 303 g/mol. The van der Waals surface area contributed by atoms with E-state index in [1.54, 1.807) is 0 Å². The maximum Gasteiger partial charge on any atom is 0.0493 e. The molecule has 21 heavy (non-hydrogen) atoms. The van der Waals surface area contributed by atoms with E-state index in [-0.39, 0.29) is 12.1 Å². The number of rotatable bonds is 6. The lowest BCUT2D eigenvalue weighted by Gasteiger charge is -2.31. The van der Waals surface area contributed by atoms with E-state index in [1.165, 1.54) is 11.1 Å². The van der Waals surface area contributed by atoms with Crippen LogP contribution < -0.4 is 5.73 Å². The van der Waals surface area contributed by atoms with Gasteiger partial charge in [0.15, 0.2) is 0 Å². The highest BCUT2D eigenvalue weighted by molar-refractivity contribution is 6.30. The van der Waals surface area contributed by atoms with Gasteiger partial charge in [0.2, 0.25) is 0 Å². The lowest BCUT2D eigenvalue weighted by molar-refractivity contribution is 0.221. The van der Waals surface area contributed by atoms with Crippen LogP contribution in [0, 0.1) is 0 Å². The van der Waals surface area contributed by atoms with Crippen LogP contribution in [-0.4, -0.2) is 29.5 Å². The molecule has 3 nitrogen and oxygen atoms in total. The van der Waals surface area contributed by atoms with Gasteiger partial charge in [0, 0.05) is 36.0 Å². The third-order valence-electron chi connectivity index (χ3n) is 3.69. The Hall–Kier alpha value is -1.42. The summed E-state index contributed by atoms with van der Waals surface area (Å²) < 4.78 is 0. The van der Waals surface area contributed by atoms with Crippen LogP contribution in [0.5, 0.6) is 0 Å². The van der Waals surface area contributed by atoms with Gasteiger partial charge in [0.25, 0.3) is 0 Å². The van der Waals surface area contributed by atoms with Gasteiger partial charge in [0.1, 0.15) is 0 Å². The summed E-state index contributed by atoms with van der Waals surface area (Å²) in [6, 6.07) is 12.3. The molecule has 0 saturated carbocycles. The average Bonchev–Trinajstić information content (AvgIpc) is 2.48. The lowest BCUT2D eigenvalue weighted by atomic mass is 9.99. The van der Waals surface area contributed by atoms with Gasteiger partial charge in [0.05, 0.1) is 0 Å². The third-order valence-corrected chi connectivity index (χ3v) is 3.94. The molecule has 0 aliphatic heterocycles. The summed E-state index contributed by atoms with van der Waals surface area (Å²) in [5.74, 6) is 0. The third kappa shape index (κ3) is 4.53. The van der Waals surface area contributed by atoms with Crippen molar-refractivity contribution in [1.29, 1.82) is 0 Å². The summed E-state index contributed by atoms with van der Waals surface area (Å²) in [5, 5.41) is 0.751. The zero-order valence-corrected chi connectivity index (χ0v) is 13.3. The zero-order chi connectivity index (χ0) is 15.2. The second-order valence-electron chi connectivity index (χ2n) is 5.44. The fourth-order valence-corrected chi connectivity index (χ4v) is 2.74. The molecule has 2 atom stereocenters. The van der Waals surface area contributed by atoms with Gasteiger partial charge < -0.3 is 5.73 Å². The summed E-state index contributed by atoms with van der Waals surface area (Å²) in [6.07, 6.45) is 4.64. The molecule has 1 aromatic heterocycles. The number of halogens is 1. The van der Waals surface area contributed by atoms with Gasteiger partial charge in [-0.2, -0.15) is 0 Å². The fraction of sp³-hybridized carbons (Fsp3) is 0.353. The first-order valence-electron chi connectivity index (χ1n) is 7.18. The quantitative estimate of drug-likeness (QED) is 0.890. The molecule has 0 fully saturated rings. The number of benzene rings is 1. The normalized spacial score (nSPS) is 14.1. The smallest absolute Gasteiger partial charge is 0.0493 e. The number of hydrogen-bond donors (Lipinski definition) is 1. The molecule has 2 rings (SSSR count).